The van der Waals surface area contributed by atoms with Crippen LogP contribution in [0.1, 0.15) is 89.3 Å². The number of carbonyl (C=O) groups excluding carboxylic acids is 1. The van der Waals surface area contributed by atoms with Crippen LogP contribution >= 0.6 is 0 Å². The highest BCUT2D eigenvalue weighted by atomic mass is 16.6. The molecule has 0 aromatic carbocycles. The van der Waals surface area contributed by atoms with E-state index in [1.165, 1.54) is 11.3 Å². The molecule has 2 aliphatic rings. The lowest BCUT2D eigenvalue weighted by Gasteiger charge is -2.34. The lowest BCUT2D eigenvalue weighted by atomic mass is 9.84. The molecule has 1 saturated carbocycles. The normalized spacial score (nSPS) is 24.4. The Morgan fingerprint density at radius 1 is 1.23 bits per heavy atom. The third kappa shape index (κ3) is 6.25. The molecule has 0 spiro atoms. The number of aliphatic hydroxyl groups is 1. The molecule has 0 bridgehead atoms. The predicted molar refractivity (Wildman–Crippen MR) is 135 cm³/mol. The Hall–Kier alpha value is -2.39. The van der Waals surface area contributed by atoms with Gasteiger partial charge < -0.3 is 24.8 Å². The van der Waals surface area contributed by atoms with Crippen molar-refractivity contribution in [1.82, 2.24) is 19.5 Å². The van der Waals surface area contributed by atoms with Crippen LogP contribution in [0.25, 0.3) is 5.52 Å². The number of piperidine rings is 1. The third-order valence-electron chi connectivity index (χ3n) is 7.00. The molecule has 194 valence electrons. The number of methoxy groups -OCH3 is 1. The van der Waals surface area contributed by atoms with Gasteiger partial charge in [0.2, 0.25) is 5.95 Å². The van der Waals surface area contributed by atoms with E-state index < -0.39 is 5.60 Å². The summed E-state index contributed by atoms with van der Waals surface area (Å²) in [5.41, 5.74) is 2.84. The van der Waals surface area contributed by atoms with E-state index in [4.69, 9.17) is 14.6 Å². The number of likely N-dealkylation sites (tertiary alicyclic amines) is 1. The van der Waals surface area contributed by atoms with Gasteiger partial charge in [0.1, 0.15) is 5.60 Å². The van der Waals surface area contributed by atoms with E-state index in [-0.39, 0.29) is 24.2 Å². The van der Waals surface area contributed by atoms with Crippen molar-refractivity contribution in [3.8, 4) is 0 Å². The number of carbonyl (C=O) groups is 1. The molecule has 3 heterocycles. The number of ether oxygens (including phenoxy) is 2. The third-order valence-corrected chi connectivity index (χ3v) is 7.00. The molecule has 2 fully saturated rings. The van der Waals surface area contributed by atoms with Crippen molar-refractivity contribution >= 4 is 17.6 Å². The molecule has 0 radical (unpaired) electrons. The first-order valence-corrected chi connectivity index (χ1v) is 12.9. The van der Waals surface area contributed by atoms with Crippen LogP contribution in [-0.2, 0) is 9.47 Å². The molecule has 2 aromatic rings. The van der Waals surface area contributed by atoms with E-state index in [1.54, 1.807) is 7.11 Å². The second-order valence-electron chi connectivity index (χ2n) is 11.2. The van der Waals surface area contributed by atoms with E-state index in [2.05, 4.69) is 16.4 Å². The van der Waals surface area contributed by atoms with E-state index in [9.17, 15) is 9.90 Å². The fraction of sp³-hybridized carbons (Fsp3) is 0.731. The van der Waals surface area contributed by atoms with Crippen molar-refractivity contribution in [2.75, 3.05) is 32.1 Å². The van der Waals surface area contributed by atoms with Gasteiger partial charge in [-0.25, -0.2) is 14.3 Å². The van der Waals surface area contributed by atoms with Crippen LogP contribution < -0.4 is 5.32 Å². The first kappa shape index (κ1) is 25.7. The van der Waals surface area contributed by atoms with Crippen LogP contribution in [0.4, 0.5) is 10.7 Å². The standard InChI is InChI=1S/C26H41N5O4/c1-17(16-34-5)28-24-27-14-23-21(13-22(31(23)29-24)18-8-10-20(32)11-9-18)19-7-6-12-30(15-19)25(33)35-26(2,3)4/h13-14,17-20,32H,6-12,15-16H2,1-5H3,(H,28,29)/t17-,18-,19-,20-/m0/s1. The quantitative estimate of drug-likeness (QED) is 0.626. The summed E-state index contributed by atoms with van der Waals surface area (Å²) >= 11 is 0. The Balaban J connectivity index is 1.64. The monoisotopic (exact) mass is 487 g/mol. The summed E-state index contributed by atoms with van der Waals surface area (Å²) in [5, 5.41) is 18.3. The van der Waals surface area contributed by atoms with Crippen LogP contribution in [0, 0.1) is 0 Å². The maximum atomic E-state index is 12.8. The number of aromatic nitrogens is 3. The van der Waals surface area contributed by atoms with E-state index in [0.29, 0.717) is 31.6 Å². The van der Waals surface area contributed by atoms with Gasteiger partial charge in [-0.3, -0.25) is 0 Å². The molecule has 2 aromatic heterocycles. The molecule has 4 rings (SSSR count). The Morgan fingerprint density at radius 3 is 2.66 bits per heavy atom. The lowest BCUT2D eigenvalue weighted by Crippen LogP contribution is -2.42. The second kappa shape index (κ2) is 10.7. The van der Waals surface area contributed by atoms with Gasteiger partial charge >= 0.3 is 6.09 Å². The minimum Gasteiger partial charge on any atom is -0.444 e. The number of amides is 1. The summed E-state index contributed by atoms with van der Waals surface area (Å²) in [6, 6.07) is 2.36. The number of hydrogen-bond donors (Lipinski definition) is 2. The Morgan fingerprint density at radius 2 is 1.97 bits per heavy atom. The Bertz CT molecular complexity index is 1010. The van der Waals surface area contributed by atoms with Crippen LogP contribution in [0.2, 0.25) is 0 Å². The largest absolute Gasteiger partial charge is 0.444 e. The zero-order chi connectivity index (χ0) is 25.2. The fourth-order valence-electron chi connectivity index (χ4n) is 5.33. The number of aliphatic hydroxyl groups excluding tert-OH is 1. The molecule has 0 unspecified atom stereocenters. The van der Waals surface area contributed by atoms with Gasteiger partial charge in [-0.05, 0) is 77.8 Å². The lowest BCUT2D eigenvalue weighted by molar-refractivity contribution is 0.0198. The van der Waals surface area contributed by atoms with Crippen molar-refractivity contribution in [3.05, 3.63) is 23.5 Å². The number of anilines is 1. The SMILES string of the molecule is COC[C@H](C)Nc1ncc2c([C@H]3CCCN(C(=O)OC(C)(C)C)C3)cc([C@H]3CC[C@H](O)CC3)n2n1. The van der Waals surface area contributed by atoms with Gasteiger partial charge in [0.25, 0.3) is 0 Å². The molecule has 35 heavy (non-hydrogen) atoms. The summed E-state index contributed by atoms with van der Waals surface area (Å²) in [6.07, 6.45) is 6.88. The number of nitrogens with zero attached hydrogens (tertiary/aromatic N) is 4. The van der Waals surface area contributed by atoms with Gasteiger partial charge in [-0.2, -0.15) is 0 Å². The topological polar surface area (TPSA) is 101 Å². The van der Waals surface area contributed by atoms with Crippen molar-refractivity contribution in [2.24, 2.45) is 0 Å². The van der Waals surface area contributed by atoms with Crippen molar-refractivity contribution < 1.29 is 19.4 Å². The molecular formula is C26H41N5O4. The summed E-state index contributed by atoms with van der Waals surface area (Å²) in [6.45, 7) is 9.64. The molecular weight excluding hydrogens is 446 g/mol. The molecule has 9 heteroatoms. The molecule has 2 atom stereocenters. The predicted octanol–water partition coefficient (Wildman–Crippen LogP) is 4.31. The smallest absolute Gasteiger partial charge is 0.410 e. The molecule has 1 amide bonds. The maximum Gasteiger partial charge on any atom is 0.410 e. The molecule has 1 aliphatic carbocycles. The number of nitrogens with one attached hydrogen (secondary N) is 1. The van der Waals surface area contributed by atoms with Gasteiger partial charge in [-0.1, -0.05) is 0 Å². The maximum absolute atomic E-state index is 12.8. The van der Waals surface area contributed by atoms with E-state index in [0.717, 1.165) is 44.0 Å². The van der Waals surface area contributed by atoms with Crippen LogP contribution in [-0.4, -0.2) is 75.3 Å². The zero-order valence-electron chi connectivity index (χ0n) is 21.8. The highest BCUT2D eigenvalue weighted by Gasteiger charge is 2.32. The first-order valence-electron chi connectivity index (χ1n) is 12.9. The number of fused-ring (bicyclic) bond motifs is 1. The minimum absolute atomic E-state index is 0.0847. The highest BCUT2D eigenvalue weighted by molar-refractivity contribution is 5.69. The van der Waals surface area contributed by atoms with Gasteiger partial charge in [0.05, 0.1) is 24.4 Å². The van der Waals surface area contributed by atoms with Crippen molar-refractivity contribution in [1.29, 1.82) is 0 Å². The molecule has 1 saturated heterocycles. The summed E-state index contributed by atoms with van der Waals surface area (Å²) in [7, 11) is 1.68. The van der Waals surface area contributed by atoms with Crippen molar-refractivity contribution in [2.45, 2.75) is 95.8 Å². The number of hydrogen-bond acceptors (Lipinski definition) is 7. The Labute approximate surface area is 208 Å². The minimum atomic E-state index is -0.511. The molecule has 1 aliphatic heterocycles. The van der Waals surface area contributed by atoms with E-state index >= 15 is 0 Å². The average molecular weight is 488 g/mol. The average Bonchev–Trinajstić information content (AvgIpc) is 3.17. The van der Waals surface area contributed by atoms with Crippen LogP contribution in [0.5, 0.6) is 0 Å². The molecule has 2 N–H and O–H groups in total. The first-order chi connectivity index (χ1) is 16.6. The summed E-state index contributed by atoms with van der Waals surface area (Å²) in [4.78, 5) is 19.2. The summed E-state index contributed by atoms with van der Waals surface area (Å²) < 4.78 is 12.9. The summed E-state index contributed by atoms with van der Waals surface area (Å²) in [5.74, 6) is 1.11. The van der Waals surface area contributed by atoms with E-state index in [1.807, 2.05) is 43.3 Å². The van der Waals surface area contributed by atoms with Crippen LogP contribution in [0.3, 0.4) is 0 Å². The van der Waals surface area contributed by atoms with Gasteiger partial charge in [0.15, 0.2) is 0 Å². The fourth-order valence-corrected chi connectivity index (χ4v) is 5.33. The van der Waals surface area contributed by atoms with Crippen LogP contribution in [0.15, 0.2) is 12.3 Å². The Kier molecular flexibility index (Phi) is 7.86. The highest BCUT2D eigenvalue weighted by Crippen LogP contribution is 2.38. The van der Waals surface area contributed by atoms with Gasteiger partial charge in [-0.15, -0.1) is 5.10 Å². The molecule has 9 nitrogen and oxygen atoms in total. The number of rotatable bonds is 6. The van der Waals surface area contributed by atoms with Gasteiger partial charge in [0, 0.05) is 43.8 Å². The van der Waals surface area contributed by atoms with Crippen molar-refractivity contribution in [3.63, 3.8) is 0 Å². The second-order valence-corrected chi connectivity index (χ2v) is 11.2. The zero-order valence-corrected chi connectivity index (χ0v) is 21.8.